The first-order chi connectivity index (χ1) is 43.3. The van der Waals surface area contributed by atoms with E-state index in [0.717, 1.165) is 57.8 Å². The molecule has 3 rings (SSSR count). The third-order valence-electron chi connectivity index (χ3n) is 17.6. The molecule has 0 aliphatic carbocycles. The van der Waals surface area contributed by atoms with Gasteiger partial charge in [0.25, 0.3) is 0 Å². The van der Waals surface area contributed by atoms with Crippen molar-refractivity contribution in [1.82, 2.24) is 5.32 Å². The Morgan fingerprint density at radius 2 is 0.753 bits per heavy atom. The van der Waals surface area contributed by atoms with Gasteiger partial charge in [-0.2, -0.15) is 0 Å². The van der Waals surface area contributed by atoms with Crippen molar-refractivity contribution in [2.24, 2.45) is 0 Å². The minimum absolute atomic E-state index is 0.230. The normalized spacial score (nSPS) is 28.5. The number of carbonyl (C=O) groups excluding carboxylic acids is 1. The standard InChI is InChI=1S/C70H127NO18/c1-3-5-7-9-11-13-15-17-19-21-23-25-26-28-29-31-33-35-37-39-41-43-45-47-54(75)53(71-58(76)48-46-44-42-40-38-36-34-32-30-27-24-22-20-18-16-14-12-10-8-6-4-2)52-84-68-64(82)61(79)66(56(50-73)86-68)89-70-65(83)62(80)67(57(51-74)87-70)88-69-63(81)60(78)59(77)55(49-72)85-69/h16,18,22,24,37,39,45,47,53-57,59-70,72-75,77-83H,3-15,17,19-21,23,25-36,38,40-44,46,48-52H2,1-2H3,(H,71,76)/b18-16-,24-22-,39-37+,47-45+. The number of rotatable bonds is 54. The van der Waals surface area contributed by atoms with Crippen LogP contribution in [-0.2, 0) is 33.2 Å². The predicted octanol–water partition coefficient (Wildman–Crippen LogP) is 9.39. The smallest absolute Gasteiger partial charge is 0.220 e. The molecule has 89 heavy (non-hydrogen) atoms. The molecule has 12 N–H and O–H groups in total. The third kappa shape index (κ3) is 34.1. The van der Waals surface area contributed by atoms with E-state index in [-0.39, 0.29) is 18.9 Å². The molecule has 0 aromatic carbocycles. The van der Waals surface area contributed by atoms with Gasteiger partial charge in [0.1, 0.15) is 73.2 Å². The van der Waals surface area contributed by atoms with Crippen molar-refractivity contribution in [1.29, 1.82) is 0 Å². The van der Waals surface area contributed by atoms with Gasteiger partial charge in [-0.25, -0.2) is 0 Å². The summed E-state index contributed by atoms with van der Waals surface area (Å²) in [5, 5.41) is 121. The molecular weight excluding hydrogens is 1140 g/mol. The van der Waals surface area contributed by atoms with E-state index >= 15 is 0 Å². The lowest BCUT2D eigenvalue weighted by molar-refractivity contribution is -0.379. The van der Waals surface area contributed by atoms with Gasteiger partial charge in [0.05, 0.1) is 38.6 Å². The Bertz CT molecular complexity index is 1800. The van der Waals surface area contributed by atoms with Gasteiger partial charge in [0.2, 0.25) is 5.91 Å². The number of ether oxygens (including phenoxy) is 6. The molecule has 17 atom stereocenters. The zero-order valence-electron chi connectivity index (χ0n) is 54.9. The highest BCUT2D eigenvalue weighted by Crippen LogP contribution is 2.33. The summed E-state index contributed by atoms with van der Waals surface area (Å²) < 4.78 is 34.3. The van der Waals surface area contributed by atoms with Gasteiger partial charge in [-0.1, -0.05) is 236 Å². The average molecular weight is 1270 g/mol. The molecule has 3 fully saturated rings. The first kappa shape index (κ1) is 81.0. The fourth-order valence-corrected chi connectivity index (χ4v) is 11.8. The van der Waals surface area contributed by atoms with Crippen LogP contribution in [0.25, 0.3) is 0 Å². The van der Waals surface area contributed by atoms with Gasteiger partial charge in [0, 0.05) is 6.42 Å². The number of aliphatic hydroxyl groups is 11. The highest BCUT2D eigenvalue weighted by atomic mass is 16.8. The zero-order chi connectivity index (χ0) is 64.7. The Morgan fingerprint density at radius 1 is 0.404 bits per heavy atom. The van der Waals surface area contributed by atoms with Gasteiger partial charge in [-0.15, -0.1) is 0 Å². The molecule has 0 radical (unpaired) electrons. The molecule has 0 spiro atoms. The van der Waals surface area contributed by atoms with E-state index in [4.69, 9.17) is 28.4 Å². The second-order valence-electron chi connectivity index (χ2n) is 25.3. The van der Waals surface area contributed by atoms with Crippen LogP contribution in [0.5, 0.6) is 0 Å². The summed E-state index contributed by atoms with van der Waals surface area (Å²) in [5.74, 6) is -0.289. The summed E-state index contributed by atoms with van der Waals surface area (Å²) in [6.45, 7) is 1.72. The van der Waals surface area contributed by atoms with Gasteiger partial charge in [0.15, 0.2) is 18.9 Å². The number of amides is 1. The number of hydrogen-bond donors (Lipinski definition) is 12. The van der Waals surface area contributed by atoms with Crippen molar-refractivity contribution in [2.75, 3.05) is 26.4 Å². The van der Waals surface area contributed by atoms with Crippen LogP contribution in [0.15, 0.2) is 48.6 Å². The zero-order valence-corrected chi connectivity index (χ0v) is 54.9. The number of nitrogens with one attached hydrogen (secondary N) is 1. The molecule has 3 heterocycles. The molecule has 3 aliphatic rings. The van der Waals surface area contributed by atoms with E-state index < -0.39 is 124 Å². The van der Waals surface area contributed by atoms with Crippen LogP contribution in [0, 0.1) is 0 Å². The monoisotopic (exact) mass is 1270 g/mol. The quantitative estimate of drug-likeness (QED) is 0.0199. The minimum Gasteiger partial charge on any atom is -0.394 e. The van der Waals surface area contributed by atoms with Gasteiger partial charge in [-0.05, 0) is 64.2 Å². The molecule has 0 aromatic rings. The van der Waals surface area contributed by atoms with E-state index in [1.807, 2.05) is 6.08 Å². The SMILES string of the molecule is CCCCCCC/C=C\C/C=C\CCCCCCCCCCCC(=O)NC(COC1OC(CO)C(OC2OC(CO)C(OC3OC(CO)C(O)C(O)C3O)C(O)C2O)C(O)C1O)C(O)/C=C/CC/C=C/CCCCCCCCCCCCCCCCCCC. The summed E-state index contributed by atoms with van der Waals surface area (Å²) in [4.78, 5) is 13.4. The van der Waals surface area contributed by atoms with Crippen molar-refractivity contribution in [3.05, 3.63) is 48.6 Å². The van der Waals surface area contributed by atoms with E-state index in [1.165, 1.54) is 167 Å². The molecular formula is C70H127NO18. The molecule has 3 saturated heterocycles. The van der Waals surface area contributed by atoms with Crippen LogP contribution < -0.4 is 5.32 Å². The lowest BCUT2D eigenvalue weighted by Crippen LogP contribution is -2.66. The number of unbranched alkanes of at least 4 members (excludes halogenated alkanes) is 32. The Hall–Kier alpha value is -2.25. The van der Waals surface area contributed by atoms with Gasteiger partial charge >= 0.3 is 0 Å². The van der Waals surface area contributed by atoms with Crippen LogP contribution in [0.3, 0.4) is 0 Å². The lowest BCUT2D eigenvalue weighted by atomic mass is 9.96. The second kappa shape index (κ2) is 52.1. The maximum absolute atomic E-state index is 13.4. The van der Waals surface area contributed by atoms with Crippen molar-refractivity contribution in [3.8, 4) is 0 Å². The average Bonchev–Trinajstić information content (AvgIpc) is 1.93. The summed E-state index contributed by atoms with van der Waals surface area (Å²) in [6, 6.07) is -0.994. The molecule has 17 unspecified atom stereocenters. The first-order valence-corrected chi connectivity index (χ1v) is 35.4. The maximum atomic E-state index is 13.4. The molecule has 1 amide bonds. The van der Waals surface area contributed by atoms with Crippen LogP contribution in [0.1, 0.15) is 258 Å². The second-order valence-corrected chi connectivity index (χ2v) is 25.3. The summed E-state index contributed by atoms with van der Waals surface area (Å²) in [7, 11) is 0. The first-order valence-electron chi connectivity index (χ1n) is 35.4. The molecule has 19 nitrogen and oxygen atoms in total. The van der Waals surface area contributed by atoms with Gasteiger partial charge in [-0.3, -0.25) is 4.79 Å². The molecule has 520 valence electrons. The Labute approximate surface area is 535 Å². The number of allylic oxidation sites excluding steroid dienone is 7. The fraction of sp³-hybridized carbons (Fsp3) is 0.871. The molecule has 0 bridgehead atoms. The van der Waals surface area contributed by atoms with E-state index in [0.29, 0.717) is 12.8 Å². The summed E-state index contributed by atoms with van der Waals surface area (Å²) in [6.07, 6.45) is 35.1. The highest BCUT2D eigenvalue weighted by Gasteiger charge is 2.53. The van der Waals surface area contributed by atoms with Crippen molar-refractivity contribution >= 4 is 5.91 Å². The van der Waals surface area contributed by atoms with Crippen molar-refractivity contribution in [2.45, 2.75) is 362 Å². The Balaban J connectivity index is 1.46. The van der Waals surface area contributed by atoms with E-state index in [2.05, 4.69) is 55.6 Å². The molecule has 0 saturated carbocycles. The van der Waals surface area contributed by atoms with E-state index in [1.54, 1.807) is 6.08 Å². The largest absolute Gasteiger partial charge is 0.394 e. The Kier molecular flexibility index (Phi) is 47.4. The lowest BCUT2D eigenvalue weighted by Gasteiger charge is -2.48. The number of aliphatic hydroxyl groups excluding tert-OH is 11. The molecule has 3 aliphatic heterocycles. The summed E-state index contributed by atoms with van der Waals surface area (Å²) >= 11 is 0. The van der Waals surface area contributed by atoms with Crippen molar-refractivity contribution < 1.29 is 89.4 Å². The third-order valence-corrected chi connectivity index (χ3v) is 17.6. The fourth-order valence-electron chi connectivity index (χ4n) is 11.8. The number of hydrogen-bond acceptors (Lipinski definition) is 18. The predicted molar refractivity (Wildman–Crippen MR) is 346 cm³/mol. The van der Waals surface area contributed by atoms with Gasteiger partial charge < -0.3 is 89.9 Å². The highest BCUT2D eigenvalue weighted by molar-refractivity contribution is 5.76. The van der Waals surface area contributed by atoms with Crippen molar-refractivity contribution in [3.63, 3.8) is 0 Å². The van der Waals surface area contributed by atoms with Crippen LogP contribution in [0.2, 0.25) is 0 Å². The summed E-state index contributed by atoms with van der Waals surface area (Å²) in [5.41, 5.74) is 0. The minimum atomic E-state index is -1.98. The maximum Gasteiger partial charge on any atom is 0.220 e. The van der Waals surface area contributed by atoms with Crippen LogP contribution >= 0.6 is 0 Å². The topological polar surface area (TPSA) is 307 Å². The van der Waals surface area contributed by atoms with Crippen LogP contribution in [-0.4, -0.2) is 193 Å². The van der Waals surface area contributed by atoms with E-state index in [9.17, 15) is 61.0 Å². The number of carbonyl (C=O) groups is 1. The van der Waals surface area contributed by atoms with Crippen LogP contribution in [0.4, 0.5) is 0 Å². The molecule has 19 heteroatoms. The molecule has 0 aromatic heterocycles. The Morgan fingerprint density at radius 3 is 1.19 bits per heavy atom.